The van der Waals surface area contributed by atoms with Gasteiger partial charge >= 0.3 is 0 Å². The Morgan fingerprint density at radius 3 is 2.42 bits per heavy atom. The van der Waals surface area contributed by atoms with Gasteiger partial charge < -0.3 is 5.73 Å². The van der Waals surface area contributed by atoms with Gasteiger partial charge in [0.2, 0.25) is 0 Å². The van der Waals surface area contributed by atoms with E-state index in [2.05, 4.69) is 5.73 Å². The van der Waals surface area contributed by atoms with E-state index in [1.807, 2.05) is 60.0 Å². The van der Waals surface area contributed by atoms with Crippen molar-refractivity contribution in [2.24, 2.45) is 0 Å². The van der Waals surface area contributed by atoms with Gasteiger partial charge in [-0.15, -0.1) is 11.3 Å². The monoisotopic (exact) mass is 268 g/mol. The van der Waals surface area contributed by atoms with Gasteiger partial charge in [-0.05, 0) is 12.1 Å². The standard InChI is InChI=1S/C16H13NOS/c17-15(11-6-2-1-3-7-11)13-10-19-14-9-5-4-8-12(14)16(13)18/h1-10,15H,17H2/p+1. The predicted octanol–water partition coefficient (Wildman–Crippen LogP) is 2.59. The Hall–Kier alpha value is -1.97. The van der Waals surface area contributed by atoms with Gasteiger partial charge in [0, 0.05) is 21.0 Å². The van der Waals surface area contributed by atoms with E-state index in [-0.39, 0.29) is 11.5 Å². The summed E-state index contributed by atoms with van der Waals surface area (Å²) in [5, 5.41) is 2.73. The first-order chi connectivity index (χ1) is 9.27. The lowest BCUT2D eigenvalue weighted by atomic mass is 10.0. The summed E-state index contributed by atoms with van der Waals surface area (Å²) < 4.78 is 1.02. The predicted molar refractivity (Wildman–Crippen MR) is 79.3 cm³/mol. The molecular weight excluding hydrogens is 254 g/mol. The van der Waals surface area contributed by atoms with Gasteiger partial charge in [0.1, 0.15) is 6.04 Å². The van der Waals surface area contributed by atoms with Gasteiger partial charge in [0.05, 0.1) is 5.56 Å². The molecule has 1 aromatic heterocycles. The third kappa shape index (κ3) is 2.18. The molecule has 0 aliphatic rings. The maximum Gasteiger partial charge on any atom is 0.197 e. The molecule has 3 heteroatoms. The number of fused-ring (bicyclic) bond motifs is 1. The van der Waals surface area contributed by atoms with E-state index < -0.39 is 0 Å². The summed E-state index contributed by atoms with van der Waals surface area (Å²) >= 11 is 1.60. The Morgan fingerprint density at radius 2 is 1.63 bits per heavy atom. The molecule has 3 N–H and O–H groups in total. The highest BCUT2D eigenvalue weighted by Crippen LogP contribution is 2.21. The van der Waals surface area contributed by atoms with Crippen LogP contribution in [0.3, 0.4) is 0 Å². The summed E-state index contributed by atoms with van der Waals surface area (Å²) in [5.74, 6) is 0. The Balaban J connectivity index is 2.16. The first-order valence-corrected chi connectivity index (χ1v) is 7.04. The average Bonchev–Trinajstić information content (AvgIpc) is 2.48. The molecule has 19 heavy (non-hydrogen) atoms. The summed E-state index contributed by atoms with van der Waals surface area (Å²) in [6.07, 6.45) is 0. The molecule has 0 radical (unpaired) electrons. The fourth-order valence-electron chi connectivity index (χ4n) is 2.20. The van der Waals surface area contributed by atoms with E-state index in [1.54, 1.807) is 11.3 Å². The van der Waals surface area contributed by atoms with Gasteiger partial charge in [-0.1, -0.05) is 42.5 Å². The van der Waals surface area contributed by atoms with Crippen LogP contribution in [0.5, 0.6) is 0 Å². The molecule has 0 amide bonds. The van der Waals surface area contributed by atoms with Crippen molar-refractivity contribution < 1.29 is 5.73 Å². The van der Waals surface area contributed by atoms with Crippen LogP contribution in [-0.2, 0) is 0 Å². The Morgan fingerprint density at radius 1 is 0.947 bits per heavy atom. The lowest BCUT2D eigenvalue weighted by Gasteiger charge is -2.08. The van der Waals surface area contributed by atoms with Crippen molar-refractivity contribution in [3.05, 3.63) is 81.3 Å². The largest absolute Gasteiger partial charge is 0.347 e. The van der Waals surface area contributed by atoms with Crippen molar-refractivity contribution in [2.45, 2.75) is 6.04 Å². The van der Waals surface area contributed by atoms with E-state index in [4.69, 9.17) is 0 Å². The lowest BCUT2D eigenvalue weighted by Crippen LogP contribution is -2.55. The SMILES string of the molecule is [NH3+]C(c1ccccc1)c1csc2ccccc2c1=O. The van der Waals surface area contributed by atoms with Crippen molar-refractivity contribution in [3.8, 4) is 0 Å². The molecule has 1 heterocycles. The molecule has 0 aliphatic carbocycles. The smallest absolute Gasteiger partial charge is 0.197 e. The van der Waals surface area contributed by atoms with E-state index >= 15 is 0 Å². The average molecular weight is 268 g/mol. The summed E-state index contributed by atoms with van der Waals surface area (Å²) in [6, 6.07) is 17.5. The maximum absolute atomic E-state index is 12.5. The number of hydrogen-bond donors (Lipinski definition) is 1. The molecule has 2 aromatic carbocycles. The van der Waals surface area contributed by atoms with E-state index in [1.165, 1.54) is 0 Å². The van der Waals surface area contributed by atoms with Gasteiger partial charge in [-0.25, -0.2) is 0 Å². The topological polar surface area (TPSA) is 44.7 Å². The maximum atomic E-state index is 12.5. The number of quaternary nitrogens is 1. The first-order valence-electron chi connectivity index (χ1n) is 6.16. The number of rotatable bonds is 2. The highest BCUT2D eigenvalue weighted by molar-refractivity contribution is 7.16. The molecule has 0 saturated carbocycles. The van der Waals surface area contributed by atoms with Crippen molar-refractivity contribution in [1.82, 2.24) is 0 Å². The van der Waals surface area contributed by atoms with Gasteiger partial charge in [-0.3, -0.25) is 4.79 Å². The van der Waals surface area contributed by atoms with Gasteiger partial charge in [0.15, 0.2) is 5.43 Å². The second kappa shape index (κ2) is 4.96. The molecule has 0 bridgehead atoms. The summed E-state index contributed by atoms with van der Waals surface area (Å²) in [6.45, 7) is 0. The molecule has 1 unspecified atom stereocenters. The van der Waals surface area contributed by atoms with E-state index in [9.17, 15) is 4.79 Å². The minimum absolute atomic E-state index is 0.0956. The molecule has 3 aromatic rings. The quantitative estimate of drug-likeness (QED) is 0.763. The lowest BCUT2D eigenvalue weighted by molar-refractivity contribution is -0.411. The van der Waals surface area contributed by atoms with Crippen LogP contribution >= 0.6 is 11.3 Å². The van der Waals surface area contributed by atoms with Crippen LogP contribution < -0.4 is 11.2 Å². The highest BCUT2D eigenvalue weighted by Gasteiger charge is 2.17. The van der Waals surface area contributed by atoms with Crippen LogP contribution in [0.4, 0.5) is 0 Å². The van der Waals surface area contributed by atoms with Crippen LogP contribution in [0, 0.1) is 0 Å². The highest BCUT2D eigenvalue weighted by atomic mass is 32.1. The van der Waals surface area contributed by atoms with Crippen molar-refractivity contribution in [3.63, 3.8) is 0 Å². The van der Waals surface area contributed by atoms with Crippen LogP contribution in [0.15, 0.2) is 64.8 Å². The summed E-state index contributed by atoms with van der Waals surface area (Å²) in [4.78, 5) is 12.5. The Bertz CT molecular complexity index is 764. The molecule has 0 spiro atoms. The zero-order valence-electron chi connectivity index (χ0n) is 10.4. The van der Waals surface area contributed by atoms with Gasteiger partial charge in [-0.2, -0.15) is 0 Å². The zero-order valence-corrected chi connectivity index (χ0v) is 11.2. The first kappa shape index (κ1) is 12.1. The molecule has 1 atom stereocenters. The zero-order chi connectivity index (χ0) is 13.2. The molecule has 2 nitrogen and oxygen atoms in total. The molecule has 94 valence electrons. The number of benzene rings is 2. The molecular formula is C16H14NOS+. The minimum atomic E-state index is -0.116. The third-order valence-electron chi connectivity index (χ3n) is 3.28. The fourth-order valence-corrected chi connectivity index (χ4v) is 3.17. The Labute approximate surface area is 115 Å². The van der Waals surface area contributed by atoms with Crippen LogP contribution in [-0.4, -0.2) is 0 Å². The minimum Gasteiger partial charge on any atom is -0.347 e. The molecule has 0 saturated heterocycles. The Kier molecular flexibility index (Phi) is 3.15. The van der Waals surface area contributed by atoms with E-state index in [0.29, 0.717) is 0 Å². The normalized spacial score (nSPS) is 12.5. The van der Waals surface area contributed by atoms with Crippen molar-refractivity contribution >= 4 is 21.4 Å². The van der Waals surface area contributed by atoms with Crippen LogP contribution in [0.1, 0.15) is 17.2 Å². The second-order valence-corrected chi connectivity index (χ2v) is 5.39. The van der Waals surface area contributed by atoms with Gasteiger partial charge in [0.25, 0.3) is 0 Å². The van der Waals surface area contributed by atoms with E-state index in [0.717, 1.165) is 21.2 Å². The summed E-state index contributed by atoms with van der Waals surface area (Å²) in [5.41, 5.74) is 6.09. The molecule has 0 fully saturated rings. The molecule has 3 rings (SSSR count). The van der Waals surface area contributed by atoms with Crippen molar-refractivity contribution in [1.29, 1.82) is 0 Å². The third-order valence-corrected chi connectivity index (χ3v) is 4.27. The van der Waals surface area contributed by atoms with Crippen molar-refractivity contribution in [2.75, 3.05) is 0 Å². The molecule has 0 aliphatic heterocycles. The number of hydrogen-bond acceptors (Lipinski definition) is 2. The van der Waals surface area contributed by atoms with Crippen LogP contribution in [0.25, 0.3) is 10.1 Å². The van der Waals surface area contributed by atoms with Crippen LogP contribution in [0.2, 0.25) is 0 Å². The fraction of sp³-hybridized carbons (Fsp3) is 0.0625. The summed E-state index contributed by atoms with van der Waals surface area (Å²) in [7, 11) is 0. The second-order valence-electron chi connectivity index (χ2n) is 4.48.